The molecule has 0 aromatic carbocycles. The van der Waals surface area contributed by atoms with Gasteiger partial charge >= 0.3 is 0 Å². The number of aromatic nitrogens is 1. The zero-order valence-corrected chi connectivity index (χ0v) is 7.38. The molecule has 0 bridgehead atoms. The van der Waals surface area contributed by atoms with Crippen LogP contribution in [0.25, 0.3) is 0 Å². The Kier molecular flexibility index (Phi) is 3.84. The second-order valence-corrected chi connectivity index (χ2v) is 3.11. The Morgan fingerprint density at radius 3 is 3.08 bits per heavy atom. The number of aliphatic hydroxyl groups excluding tert-OH is 1. The second-order valence-electron chi connectivity index (χ2n) is 3.11. The largest absolute Gasteiger partial charge is 0.396 e. The van der Waals surface area contributed by atoms with Gasteiger partial charge in [0.15, 0.2) is 0 Å². The van der Waals surface area contributed by atoms with Gasteiger partial charge in [-0.2, -0.15) is 0 Å². The third kappa shape index (κ3) is 3.07. The molecule has 3 nitrogen and oxygen atoms in total. The van der Waals surface area contributed by atoms with E-state index in [0.29, 0.717) is 5.92 Å². The van der Waals surface area contributed by atoms with E-state index in [4.69, 9.17) is 5.11 Å². The van der Waals surface area contributed by atoms with Gasteiger partial charge in [-0.25, -0.2) is 0 Å². The molecule has 0 aliphatic heterocycles. The van der Waals surface area contributed by atoms with Crippen molar-refractivity contribution in [2.24, 2.45) is 5.92 Å². The molecule has 1 rings (SSSR count). The van der Waals surface area contributed by atoms with E-state index in [-0.39, 0.29) is 6.61 Å². The van der Waals surface area contributed by atoms with Gasteiger partial charge < -0.3 is 15.4 Å². The van der Waals surface area contributed by atoms with Crippen LogP contribution in [0.3, 0.4) is 0 Å². The molecule has 3 heteroatoms. The fourth-order valence-electron chi connectivity index (χ4n) is 0.995. The minimum atomic E-state index is 0.248. The molecule has 0 fully saturated rings. The van der Waals surface area contributed by atoms with Gasteiger partial charge in [0.05, 0.1) is 0 Å². The molecule has 1 heterocycles. The molecule has 0 spiro atoms. The van der Waals surface area contributed by atoms with Crippen molar-refractivity contribution in [1.82, 2.24) is 10.3 Å². The minimum Gasteiger partial charge on any atom is -0.396 e. The summed E-state index contributed by atoms with van der Waals surface area (Å²) in [6, 6.07) is 4.02. The third-order valence-electron chi connectivity index (χ3n) is 1.78. The molecule has 3 N–H and O–H groups in total. The Morgan fingerprint density at radius 1 is 1.67 bits per heavy atom. The molecule has 0 saturated heterocycles. The summed E-state index contributed by atoms with van der Waals surface area (Å²) in [4.78, 5) is 3.10. The summed E-state index contributed by atoms with van der Waals surface area (Å²) in [6.45, 7) is 3.96. The van der Waals surface area contributed by atoms with Gasteiger partial charge in [0.1, 0.15) is 0 Å². The van der Waals surface area contributed by atoms with Crippen molar-refractivity contribution in [3.8, 4) is 0 Å². The molecule has 68 valence electrons. The van der Waals surface area contributed by atoms with E-state index >= 15 is 0 Å². The van der Waals surface area contributed by atoms with Crippen molar-refractivity contribution >= 4 is 0 Å². The zero-order valence-electron chi connectivity index (χ0n) is 7.38. The van der Waals surface area contributed by atoms with Crippen LogP contribution in [0.2, 0.25) is 0 Å². The predicted molar refractivity (Wildman–Crippen MR) is 48.7 cm³/mol. The Morgan fingerprint density at radius 2 is 2.50 bits per heavy atom. The molecule has 0 aliphatic carbocycles. The lowest BCUT2D eigenvalue weighted by atomic mass is 10.2. The smallest absolute Gasteiger partial charge is 0.0468 e. The molecule has 1 atom stereocenters. The van der Waals surface area contributed by atoms with Gasteiger partial charge in [-0.3, -0.25) is 0 Å². The number of nitrogens with one attached hydrogen (secondary N) is 2. The first-order valence-corrected chi connectivity index (χ1v) is 4.26. The van der Waals surface area contributed by atoms with Crippen LogP contribution in [-0.4, -0.2) is 23.2 Å². The number of rotatable bonds is 5. The average molecular weight is 168 g/mol. The number of H-pyrrole nitrogens is 1. The maximum Gasteiger partial charge on any atom is 0.0468 e. The maximum atomic E-state index is 8.74. The topological polar surface area (TPSA) is 48.0 Å². The Hall–Kier alpha value is -0.800. The molecule has 0 saturated carbocycles. The Labute approximate surface area is 72.8 Å². The molecule has 0 radical (unpaired) electrons. The molecular formula is C9H16N2O. The SMILES string of the molecule is CC(CO)CNCc1ccc[nH]1. The molecule has 1 aromatic heterocycles. The standard InChI is InChI=1S/C9H16N2O/c1-8(7-12)5-10-6-9-3-2-4-11-9/h2-4,8,10-12H,5-7H2,1H3. The first-order chi connectivity index (χ1) is 5.83. The molecule has 1 aromatic rings. The van der Waals surface area contributed by atoms with Crippen molar-refractivity contribution in [3.05, 3.63) is 24.0 Å². The van der Waals surface area contributed by atoms with E-state index in [2.05, 4.69) is 10.3 Å². The molecule has 0 amide bonds. The van der Waals surface area contributed by atoms with Gasteiger partial charge in [0.2, 0.25) is 0 Å². The predicted octanol–water partition coefficient (Wildman–Crippen LogP) is 0.733. The van der Waals surface area contributed by atoms with E-state index in [9.17, 15) is 0 Å². The van der Waals surface area contributed by atoms with Crippen LogP contribution in [0, 0.1) is 5.92 Å². The van der Waals surface area contributed by atoms with Crippen molar-refractivity contribution < 1.29 is 5.11 Å². The van der Waals surface area contributed by atoms with Crippen molar-refractivity contribution in [1.29, 1.82) is 0 Å². The van der Waals surface area contributed by atoms with E-state index in [1.807, 2.05) is 25.3 Å². The highest BCUT2D eigenvalue weighted by molar-refractivity contribution is 5.02. The summed E-state index contributed by atoms with van der Waals surface area (Å²) in [5, 5.41) is 12.0. The van der Waals surface area contributed by atoms with Gasteiger partial charge in [-0.15, -0.1) is 0 Å². The zero-order chi connectivity index (χ0) is 8.81. The van der Waals surface area contributed by atoms with Gasteiger partial charge in [-0.1, -0.05) is 6.92 Å². The summed E-state index contributed by atoms with van der Waals surface area (Å²) in [7, 11) is 0. The van der Waals surface area contributed by atoms with Crippen LogP contribution in [-0.2, 0) is 6.54 Å². The van der Waals surface area contributed by atoms with Gasteiger partial charge in [0.25, 0.3) is 0 Å². The molecule has 0 aliphatic rings. The first kappa shape index (κ1) is 9.29. The third-order valence-corrected chi connectivity index (χ3v) is 1.78. The normalized spacial score (nSPS) is 13.2. The number of aromatic amines is 1. The van der Waals surface area contributed by atoms with E-state index in [1.165, 1.54) is 5.69 Å². The summed E-state index contributed by atoms with van der Waals surface area (Å²) < 4.78 is 0. The van der Waals surface area contributed by atoms with E-state index in [1.54, 1.807) is 0 Å². The minimum absolute atomic E-state index is 0.248. The Bertz CT molecular complexity index is 196. The highest BCUT2D eigenvalue weighted by Crippen LogP contribution is 1.94. The molecule has 12 heavy (non-hydrogen) atoms. The quantitative estimate of drug-likeness (QED) is 0.607. The number of hydrogen-bond donors (Lipinski definition) is 3. The highest BCUT2D eigenvalue weighted by atomic mass is 16.3. The van der Waals surface area contributed by atoms with E-state index < -0.39 is 0 Å². The van der Waals surface area contributed by atoms with Crippen LogP contribution < -0.4 is 5.32 Å². The lowest BCUT2D eigenvalue weighted by molar-refractivity contribution is 0.233. The maximum absolute atomic E-state index is 8.74. The highest BCUT2D eigenvalue weighted by Gasteiger charge is 1.98. The lowest BCUT2D eigenvalue weighted by Gasteiger charge is -2.07. The van der Waals surface area contributed by atoms with Gasteiger partial charge in [0, 0.05) is 31.6 Å². The van der Waals surface area contributed by atoms with Gasteiger partial charge in [-0.05, 0) is 18.1 Å². The van der Waals surface area contributed by atoms with Crippen LogP contribution in [0.4, 0.5) is 0 Å². The van der Waals surface area contributed by atoms with Crippen LogP contribution in [0.5, 0.6) is 0 Å². The average Bonchev–Trinajstić information content (AvgIpc) is 2.57. The summed E-state index contributed by atoms with van der Waals surface area (Å²) in [6.07, 6.45) is 1.91. The monoisotopic (exact) mass is 168 g/mol. The fraction of sp³-hybridized carbons (Fsp3) is 0.556. The fourth-order valence-corrected chi connectivity index (χ4v) is 0.995. The second kappa shape index (κ2) is 4.95. The van der Waals surface area contributed by atoms with Crippen molar-refractivity contribution in [3.63, 3.8) is 0 Å². The van der Waals surface area contributed by atoms with Crippen molar-refractivity contribution in [2.45, 2.75) is 13.5 Å². The van der Waals surface area contributed by atoms with Crippen molar-refractivity contribution in [2.75, 3.05) is 13.2 Å². The summed E-state index contributed by atoms with van der Waals surface area (Å²) in [5.41, 5.74) is 1.18. The molecular weight excluding hydrogens is 152 g/mol. The van der Waals surface area contributed by atoms with Crippen LogP contribution in [0.1, 0.15) is 12.6 Å². The number of hydrogen-bond acceptors (Lipinski definition) is 2. The first-order valence-electron chi connectivity index (χ1n) is 4.26. The summed E-state index contributed by atoms with van der Waals surface area (Å²) in [5.74, 6) is 0.333. The lowest BCUT2D eigenvalue weighted by Crippen LogP contribution is -2.22. The van der Waals surface area contributed by atoms with E-state index in [0.717, 1.165) is 13.1 Å². The van der Waals surface area contributed by atoms with Crippen LogP contribution in [0.15, 0.2) is 18.3 Å². The van der Waals surface area contributed by atoms with Crippen LogP contribution >= 0.6 is 0 Å². The molecule has 1 unspecified atom stereocenters. The number of aliphatic hydroxyl groups is 1. The summed E-state index contributed by atoms with van der Waals surface area (Å²) >= 11 is 0. The Balaban J connectivity index is 2.11.